The number of hydrogen-bond acceptors (Lipinski definition) is 5. The summed E-state index contributed by atoms with van der Waals surface area (Å²) in [7, 11) is 0. The molecule has 1 unspecified atom stereocenters. The number of amides is 2. The van der Waals surface area contributed by atoms with E-state index >= 15 is 0 Å². The molecule has 2 aliphatic rings. The smallest absolute Gasteiger partial charge is 0.407 e. The van der Waals surface area contributed by atoms with Gasteiger partial charge in [0.15, 0.2) is 5.60 Å². The molecule has 0 bridgehead atoms. The van der Waals surface area contributed by atoms with E-state index in [1.807, 2.05) is 24.3 Å². The van der Waals surface area contributed by atoms with Crippen molar-refractivity contribution < 1.29 is 29.0 Å². The predicted molar refractivity (Wildman–Crippen MR) is 125 cm³/mol. The molecule has 1 aliphatic carbocycles. The van der Waals surface area contributed by atoms with E-state index in [2.05, 4.69) is 29.6 Å². The van der Waals surface area contributed by atoms with Crippen LogP contribution < -0.4 is 5.32 Å². The first-order valence-corrected chi connectivity index (χ1v) is 11.4. The first kappa shape index (κ1) is 23.8. The Balaban J connectivity index is 1.35. The number of nitrogens with zero attached hydrogens (tertiary/aromatic N) is 1. The summed E-state index contributed by atoms with van der Waals surface area (Å²) < 4.78 is 10.9. The van der Waals surface area contributed by atoms with Crippen molar-refractivity contribution in [2.45, 2.75) is 44.2 Å². The van der Waals surface area contributed by atoms with Gasteiger partial charge in [-0.1, -0.05) is 48.5 Å². The van der Waals surface area contributed by atoms with E-state index in [0.717, 1.165) is 22.3 Å². The lowest BCUT2D eigenvalue weighted by molar-refractivity contribution is -0.177. The summed E-state index contributed by atoms with van der Waals surface area (Å²) in [4.78, 5) is 38.4. The Morgan fingerprint density at radius 1 is 1.12 bits per heavy atom. The van der Waals surface area contributed by atoms with Crippen molar-refractivity contribution in [1.29, 1.82) is 0 Å². The van der Waals surface area contributed by atoms with Crippen LogP contribution in [0.2, 0.25) is 0 Å². The van der Waals surface area contributed by atoms with Gasteiger partial charge in [-0.05, 0) is 43.0 Å². The van der Waals surface area contributed by atoms with Crippen LogP contribution in [0, 0.1) is 0 Å². The van der Waals surface area contributed by atoms with Crippen LogP contribution in [-0.2, 0) is 19.1 Å². The number of nitrogens with one attached hydrogen (secondary N) is 1. The standard InChI is InChI=1S/C26H30N2O6/c1-25(2,14-22(29)28-12-13-34-26(3,16-28)23(30)31)27-24(32)33-15-21-19-10-6-4-8-17(19)18-9-5-7-11-20(18)21/h4-11,21H,12-16H2,1-3H3,(H,27,32)(H,30,31). The number of aliphatic carboxylic acids is 1. The Kier molecular flexibility index (Phi) is 6.36. The lowest BCUT2D eigenvalue weighted by Crippen LogP contribution is -2.57. The van der Waals surface area contributed by atoms with Crippen molar-refractivity contribution in [2.75, 3.05) is 26.3 Å². The van der Waals surface area contributed by atoms with Gasteiger partial charge in [-0.3, -0.25) is 4.79 Å². The van der Waals surface area contributed by atoms with Crippen molar-refractivity contribution >= 4 is 18.0 Å². The Bertz CT molecular complexity index is 1070. The van der Waals surface area contributed by atoms with Crippen LogP contribution in [0.1, 0.15) is 44.2 Å². The number of ether oxygens (including phenoxy) is 2. The fourth-order valence-corrected chi connectivity index (χ4v) is 4.66. The Labute approximate surface area is 198 Å². The summed E-state index contributed by atoms with van der Waals surface area (Å²) in [6.45, 7) is 5.53. The van der Waals surface area contributed by atoms with E-state index in [9.17, 15) is 19.5 Å². The zero-order valence-corrected chi connectivity index (χ0v) is 19.7. The number of benzene rings is 2. The van der Waals surface area contributed by atoms with Gasteiger partial charge < -0.3 is 24.8 Å². The lowest BCUT2D eigenvalue weighted by Gasteiger charge is -2.38. The second kappa shape index (κ2) is 9.10. The molecule has 0 aromatic heterocycles. The Hall–Kier alpha value is -3.39. The quantitative estimate of drug-likeness (QED) is 0.676. The van der Waals surface area contributed by atoms with Gasteiger partial charge in [0.25, 0.3) is 0 Å². The van der Waals surface area contributed by atoms with E-state index in [-0.39, 0.29) is 38.0 Å². The van der Waals surface area contributed by atoms with Crippen LogP contribution in [0.25, 0.3) is 11.1 Å². The molecule has 1 aliphatic heterocycles. The van der Waals surface area contributed by atoms with Gasteiger partial charge in [-0.15, -0.1) is 0 Å². The molecule has 2 aromatic rings. The molecule has 1 saturated heterocycles. The fourth-order valence-electron chi connectivity index (χ4n) is 4.66. The monoisotopic (exact) mass is 466 g/mol. The highest BCUT2D eigenvalue weighted by atomic mass is 16.5. The van der Waals surface area contributed by atoms with Crippen LogP contribution in [0.3, 0.4) is 0 Å². The number of morpholine rings is 1. The Morgan fingerprint density at radius 2 is 1.71 bits per heavy atom. The van der Waals surface area contributed by atoms with Crippen molar-refractivity contribution in [2.24, 2.45) is 0 Å². The predicted octanol–water partition coefficient (Wildman–Crippen LogP) is 3.40. The summed E-state index contributed by atoms with van der Waals surface area (Å²) in [5.41, 5.74) is 2.24. The van der Waals surface area contributed by atoms with Crippen molar-refractivity contribution in [3.63, 3.8) is 0 Å². The molecule has 1 heterocycles. The molecule has 8 heteroatoms. The van der Waals surface area contributed by atoms with Gasteiger partial charge in [0.1, 0.15) is 6.61 Å². The number of carboxylic acid groups (broad SMARTS) is 1. The molecule has 1 atom stereocenters. The highest BCUT2D eigenvalue weighted by Crippen LogP contribution is 2.44. The van der Waals surface area contributed by atoms with E-state index < -0.39 is 23.2 Å². The number of carbonyl (C=O) groups is 3. The lowest BCUT2D eigenvalue weighted by atomic mass is 9.98. The summed E-state index contributed by atoms with van der Waals surface area (Å²) in [6, 6.07) is 16.2. The molecule has 1 fully saturated rings. The first-order valence-electron chi connectivity index (χ1n) is 11.4. The van der Waals surface area contributed by atoms with Gasteiger partial charge in [-0.25, -0.2) is 9.59 Å². The van der Waals surface area contributed by atoms with Crippen LogP contribution in [0.5, 0.6) is 0 Å². The van der Waals surface area contributed by atoms with Gasteiger partial charge >= 0.3 is 12.1 Å². The highest BCUT2D eigenvalue weighted by molar-refractivity contribution is 5.82. The van der Waals surface area contributed by atoms with Crippen molar-refractivity contribution in [3.05, 3.63) is 59.7 Å². The van der Waals surface area contributed by atoms with Crippen LogP contribution in [-0.4, -0.2) is 65.4 Å². The van der Waals surface area contributed by atoms with E-state index in [1.165, 1.54) is 11.8 Å². The SMILES string of the molecule is CC(C)(CC(=O)N1CCOC(C)(C(=O)O)C1)NC(=O)OCC1c2ccccc2-c2ccccc21. The van der Waals surface area contributed by atoms with Crippen LogP contribution in [0.15, 0.2) is 48.5 Å². The highest BCUT2D eigenvalue weighted by Gasteiger charge is 2.41. The number of carboxylic acids is 1. The molecule has 180 valence electrons. The Morgan fingerprint density at radius 3 is 2.29 bits per heavy atom. The third kappa shape index (κ3) is 4.77. The molecule has 4 rings (SSSR count). The minimum Gasteiger partial charge on any atom is -0.479 e. The maximum absolute atomic E-state index is 12.8. The number of hydrogen-bond donors (Lipinski definition) is 2. The second-order valence-electron chi connectivity index (χ2n) is 9.71. The van der Waals surface area contributed by atoms with Gasteiger partial charge in [0.2, 0.25) is 5.91 Å². The number of carbonyl (C=O) groups excluding carboxylic acids is 2. The molecule has 0 spiro atoms. The third-order valence-corrected chi connectivity index (χ3v) is 6.46. The summed E-state index contributed by atoms with van der Waals surface area (Å²) >= 11 is 0. The molecule has 34 heavy (non-hydrogen) atoms. The zero-order valence-electron chi connectivity index (χ0n) is 19.7. The zero-order chi connectivity index (χ0) is 24.5. The van der Waals surface area contributed by atoms with E-state index in [1.54, 1.807) is 13.8 Å². The van der Waals surface area contributed by atoms with Crippen LogP contribution >= 0.6 is 0 Å². The minimum atomic E-state index is -1.43. The van der Waals surface area contributed by atoms with Crippen molar-refractivity contribution in [1.82, 2.24) is 10.2 Å². The normalized spacial score (nSPS) is 19.8. The summed E-state index contributed by atoms with van der Waals surface area (Å²) in [6.07, 6.45) is -0.593. The van der Waals surface area contributed by atoms with Gasteiger partial charge in [-0.2, -0.15) is 0 Å². The topological polar surface area (TPSA) is 105 Å². The first-order chi connectivity index (χ1) is 16.1. The summed E-state index contributed by atoms with van der Waals surface area (Å²) in [5, 5.41) is 12.2. The average Bonchev–Trinajstić information content (AvgIpc) is 3.11. The van der Waals surface area contributed by atoms with Gasteiger partial charge in [0, 0.05) is 24.4 Å². The molecule has 2 aromatic carbocycles. The fraction of sp³-hybridized carbons (Fsp3) is 0.423. The minimum absolute atomic E-state index is 0.00684. The molecule has 2 N–H and O–H groups in total. The largest absolute Gasteiger partial charge is 0.479 e. The molecular formula is C26H30N2O6. The number of alkyl carbamates (subject to hydrolysis) is 1. The molecule has 8 nitrogen and oxygen atoms in total. The molecule has 2 amide bonds. The second-order valence-corrected chi connectivity index (χ2v) is 9.71. The van der Waals surface area contributed by atoms with Gasteiger partial charge in [0.05, 0.1) is 13.2 Å². The third-order valence-electron chi connectivity index (χ3n) is 6.46. The van der Waals surface area contributed by atoms with Crippen LogP contribution in [0.4, 0.5) is 4.79 Å². The van der Waals surface area contributed by atoms with E-state index in [0.29, 0.717) is 6.54 Å². The maximum atomic E-state index is 12.8. The number of fused-ring (bicyclic) bond motifs is 3. The van der Waals surface area contributed by atoms with Crippen molar-refractivity contribution in [3.8, 4) is 11.1 Å². The summed E-state index contributed by atoms with van der Waals surface area (Å²) in [5.74, 6) is -1.41. The maximum Gasteiger partial charge on any atom is 0.407 e. The average molecular weight is 467 g/mol. The molecular weight excluding hydrogens is 436 g/mol. The number of rotatable bonds is 6. The van der Waals surface area contributed by atoms with E-state index in [4.69, 9.17) is 9.47 Å². The molecule has 0 radical (unpaired) electrons. The molecule has 0 saturated carbocycles.